The second-order valence-electron chi connectivity index (χ2n) is 11.8. The predicted octanol–water partition coefficient (Wildman–Crippen LogP) is 3.24. The number of hydrogen-bond acceptors (Lipinski definition) is 6. The summed E-state index contributed by atoms with van der Waals surface area (Å²) in [6.45, 7) is 5.96. The lowest BCUT2D eigenvalue weighted by atomic mass is 9.73. The maximum absolute atomic E-state index is 13.4. The van der Waals surface area contributed by atoms with Crippen LogP contribution in [0.3, 0.4) is 0 Å². The van der Waals surface area contributed by atoms with Crippen molar-refractivity contribution in [3.63, 3.8) is 0 Å². The summed E-state index contributed by atoms with van der Waals surface area (Å²) >= 11 is 0. The zero-order valence-electron chi connectivity index (χ0n) is 21.5. The lowest BCUT2D eigenvalue weighted by molar-refractivity contribution is 0.187. The molecule has 0 radical (unpaired) electrons. The third-order valence-corrected chi connectivity index (χ3v) is 8.68. The van der Waals surface area contributed by atoms with Gasteiger partial charge in [0.2, 0.25) is 5.95 Å². The third-order valence-electron chi connectivity index (χ3n) is 8.68. The van der Waals surface area contributed by atoms with Gasteiger partial charge in [0, 0.05) is 49.9 Å². The van der Waals surface area contributed by atoms with Crippen LogP contribution < -0.4 is 16.2 Å². The van der Waals surface area contributed by atoms with Crippen molar-refractivity contribution in [2.75, 3.05) is 18.0 Å². The van der Waals surface area contributed by atoms with Crippen molar-refractivity contribution in [1.29, 1.82) is 0 Å². The van der Waals surface area contributed by atoms with Crippen LogP contribution in [0.15, 0.2) is 41.3 Å². The number of benzene rings is 1. The van der Waals surface area contributed by atoms with Gasteiger partial charge in [0.25, 0.3) is 5.56 Å². The molecular formula is C28H32N8O. The number of nitrogens with one attached hydrogen (secondary N) is 2. The van der Waals surface area contributed by atoms with Crippen molar-refractivity contribution in [3.8, 4) is 0 Å². The van der Waals surface area contributed by atoms with E-state index in [1.54, 1.807) is 0 Å². The Bertz CT molecular complexity index is 1630. The number of nitrogens with zero attached hydrogens (tertiary/aromatic N) is 5. The number of rotatable bonds is 2. The van der Waals surface area contributed by atoms with Gasteiger partial charge in [-0.15, -0.1) is 0 Å². The number of piperidine rings is 1. The first-order valence-corrected chi connectivity index (χ1v) is 13.1. The highest BCUT2D eigenvalue weighted by Crippen LogP contribution is 2.50. The fourth-order valence-electron chi connectivity index (χ4n) is 6.78. The van der Waals surface area contributed by atoms with Crippen LogP contribution in [-0.2, 0) is 19.9 Å². The lowest BCUT2D eigenvalue weighted by Crippen LogP contribution is -2.45. The van der Waals surface area contributed by atoms with Crippen LogP contribution in [0.1, 0.15) is 60.8 Å². The molecule has 1 spiro atoms. The first-order chi connectivity index (χ1) is 17.7. The molecule has 1 aliphatic heterocycles. The van der Waals surface area contributed by atoms with E-state index in [4.69, 9.17) is 10.7 Å². The standard InChI is InChI=1S/C28H32N8O/c1-27(2)13-18(19-15-35(3)34-20(19)14-27)22-21-24(33-32-22)30-26(31-25(21)37)36-10-8-28(9-11-36)12-16-6-4-5-7-17(16)23(28)29/h4-7,13,15,23H,8-12,14,29H2,1-3H3,(H2,30,31,32,33,37)/t23-/m1/s1. The Morgan fingerprint density at radius 1 is 1.14 bits per heavy atom. The van der Waals surface area contributed by atoms with Crippen LogP contribution in [0, 0.1) is 10.8 Å². The summed E-state index contributed by atoms with van der Waals surface area (Å²) in [5, 5.41) is 12.8. The molecule has 0 saturated carbocycles. The van der Waals surface area contributed by atoms with Crippen molar-refractivity contribution in [3.05, 3.63) is 75.0 Å². The number of aromatic nitrogens is 6. The minimum atomic E-state index is -0.177. The third kappa shape index (κ3) is 3.40. The molecule has 1 saturated heterocycles. The van der Waals surface area contributed by atoms with Gasteiger partial charge in [0.1, 0.15) is 11.1 Å². The highest BCUT2D eigenvalue weighted by atomic mass is 16.1. The van der Waals surface area contributed by atoms with Gasteiger partial charge >= 0.3 is 0 Å². The maximum Gasteiger partial charge on any atom is 0.264 e. The topological polar surface area (TPSA) is 122 Å². The summed E-state index contributed by atoms with van der Waals surface area (Å²) in [5.74, 6) is 0.589. The van der Waals surface area contributed by atoms with E-state index in [0.717, 1.165) is 55.6 Å². The normalized spacial score (nSPS) is 21.8. The molecular weight excluding hydrogens is 464 g/mol. The van der Waals surface area contributed by atoms with E-state index in [2.05, 4.69) is 69.4 Å². The minimum Gasteiger partial charge on any atom is -0.342 e. The molecule has 2 aliphatic carbocycles. The van der Waals surface area contributed by atoms with Crippen LogP contribution >= 0.6 is 0 Å². The largest absolute Gasteiger partial charge is 0.342 e. The number of nitrogens with two attached hydrogens (primary N) is 1. The molecule has 4 N–H and O–H groups in total. The van der Waals surface area contributed by atoms with Crippen molar-refractivity contribution in [2.24, 2.45) is 23.6 Å². The van der Waals surface area contributed by atoms with Crippen molar-refractivity contribution < 1.29 is 0 Å². The summed E-state index contributed by atoms with van der Waals surface area (Å²) in [6.07, 6.45) is 8.00. The number of aryl methyl sites for hydroxylation is 1. The SMILES string of the molecule is Cn1cc2c(n1)CC(C)(C)C=C2c1n[nH]c2nc(N3CCC4(CC3)Cc3ccccc3[C@H]4N)[nH]c(=O)c12. The van der Waals surface area contributed by atoms with Crippen LogP contribution in [-0.4, -0.2) is 43.0 Å². The number of H-pyrrole nitrogens is 2. The van der Waals surface area contributed by atoms with Crippen LogP contribution in [0.5, 0.6) is 0 Å². The molecule has 0 bridgehead atoms. The molecule has 190 valence electrons. The molecule has 1 fully saturated rings. The highest BCUT2D eigenvalue weighted by molar-refractivity contribution is 5.94. The summed E-state index contributed by atoms with van der Waals surface area (Å²) in [5.41, 5.74) is 13.3. The number of fused-ring (bicyclic) bond motifs is 3. The van der Waals surface area contributed by atoms with Gasteiger partial charge in [0.05, 0.1) is 5.69 Å². The minimum absolute atomic E-state index is 0.0564. The average Bonchev–Trinajstić information content (AvgIpc) is 3.53. The first-order valence-electron chi connectivity index (χ1n) is 13.1. The van der Waals surface area contributed by atoms with E-state index in [1.165, 1.54) is 11.1 Å². The summed E-state index contributed by atoms with van der Waals surface area (Å²) in [4.78, 5) is 23.5. The Hall–Kier alpha value is -3.72. The molecule has 9 nitrogen and oxygen atoms in total. The Labute approximate surface area is 214 Å². The van der Waals surface area contributed by atoms with Gasteiger partial charge in [0.15, 0.2) is 5.65 Å². The molecule has 4 heterocycles. The van der Waals surface area contributed by atoms with Crippen molar-refractivity contribution >= 4 is 22.6 Å². The monoisotopic (exact) mass is 496 g/mol. The Balaban J connectivity index is 1.20. The molecule has 3 aromatic heterocycles. The fourth-order valence-corrected chi connectivity index (χ4v) is 6.78. The summed E-state index contributed by atoms with van der Waals surface area (Å²) in [7, 11) is 1.92. The maximum atomic E-state index is 13.4. The fraction of sp³-hybridized carbons (Fsp3) is 0.429. The predicted molar refractivity (Wildman–Crippen MR) is 143 cm³/mol. The molecule has 1 atom stereocenters. The van der Waals surface area contributed by atoms with Gasteiger partial charge in [-0.3, -0.25) is 19.6 Å². The lowest BCUT2D eigenvalue weighted by Gasteiger charge is -2.42. The second kappa shape index (κ2) is 7.64. The molecule has 9 heteroatoms. The Kier molecular flexibility index (Phi) is 4.64. The molecule has 0 unspecified atom stereocenters. The van der Waals surface area contributed by atoms with E-state index < -0.39 is 0 Å². The molecule has 0 amide bonds. The summed E-state index contributed by atoms with van der Waals surface area (Å²) < 4.78 is 1.83. The van der Waals surface area contributed by atoms with Gasteiger partial charge in [-0.25, -0.2) is 0 Å². The number of allylic oxidation sites excluding steroid dienone is 1. The Morgan fingerprint density at radius 2 is 1.92 bits per heavy atom. The van der Waals surface area contributed by atoms with Gasteiger partial charge in [-0.2, -0.15) is 15.2 Å². The van der Waals surface area contributed by atoms with E-state index >= 15 is 0 Å². The number of hydrogen-bond donors (Lipinski definition) is 3. The molecule has 1 aromatic carbocycles. The average molecular weight is 497 g/mol. The number of anilines is 1. The summed E-state index contributed by atoms with van der Waals surface area (Å²) in [6, 6.07) is 8.61. The van der Waals surface area contributed by atoms with E-state index in [1.807, 2.05) is 17.9 Å². The van der Waals surface area contributed by atoms with Gasteiger partial charge in [-0.1, -0.05) is 44.2 Å². The van der Waals surface area contributed by atoms with E-state index in [-0.39, 0.29) is 22.4 Å². The van der Waals surface area contributed by atoms with Crippen LogP contribution in [0.4, 0.5) is 5.95 Å². The molecule has 7 rings (SSSR count). The van der Waals surface area contributed by atoms with Crippen LogP contribution in [0.2, 0.25) is 0 Å². The number of aromatic amines is 2. The van der Waals surface area contributed by atoms with Gasteiger partial charge in [-0.05, 0) is 41.2 Å². The smallest absolute Gasteiger partial charge is 0.264 e. The first kappa shape index (κ1) is 22.5. The van der Waals surface area contributed by atoms with Gasteiger partial charge < -0.3 is 10.6 Å². The molecule has 4 aromatic rings. The molecule has 37 heavy (non-hydrogen) atoms. The highest BCUT2D eigenvalue weighted by Gasteiger charge is 2.46. The van der Waals surface area contributed by atoms with Crippen molar-refractivity contribution in [1.82, 2.24) is 29.9 Å². The zero-order chi connectivity index (χ0) is 25.5. The van der Waals surface area contributed by atoms with Crippen LogP contribution in [0.25, 0.3) is 16.6 Å². The molecule has 3 aliphatic rings. The zero-order valence-corrected chi connectivity index (χ0v) is 21.5. The second-order valence-corrected chi connectivity index (χ2v) is 11.8. The van der Waals surface area contributed by atoms with Crippen molar-refractivity contribution in [2.45, 2.75) is 45.6 Å². The van der Waals surface area contributed by atoms with E-state index in [0.29, 0.717) is 22.7 Å². The van der Waals surface area contributed by atoms with E-state index in [9.17, 15) is 4.79 Å². The Morgan fingerprint density at radius 3 is 2.70 bits per heavy atom. The quantitative estimate of drug-likeness (QED) is 0.392.